The monoisotopic (exact) mass is 509 g/mol. The van der Waals surface area contributed by atoms with E-state index in [-0.39, 0.29) is 18.5 Å². The second-order valence-corrected chi connectivity index (χ2v) is 11.1. The summed E-state index contributed by atoms with van der Waals surface area (Å²) in [5.41, 5.74) is 0. The molecule has 208 valence electrons. The van der Waals surface area contributed by atoms with Crippen LogP contribution in [0, 0.1) is 11.8 Å². The van der Waals surface area contributed by atoms with Crippen LogP contribution in [0.1, 0.15) is 104 Å². The van der Waals surface area contributed by atoms with Gasteiger partial charge in [-0.2, -0.15) is 0 Å². The summed E-state index contributed by atoms with van der Waals surface area (Å²) in [7, 11) is 6.40. The van der Waals surface area contributed by atoms with Gasteiger partial charge in [0.05, 0.1) is 53.7 Å². The quantitative estimate of drug-likeness (QED) is 0.208. The lowest BCUT2D eigenvalue weighted by Gasteiger charge is -2.30. The van der Waals surface area contributed by atoms with Crippen LogP contribution < -0.4 is 12.4 Å². The first-order valence-corrected chi connectivity index (χ1v) is 14.0. The third-order valence-corrected chi connectivity index (χ3v) is 6.63. The molecule has 0 aliphatic heterocycles. The van der Waals surface area contributed by atoms with E-state index in [4.69, 9.17) is 14.6 Å². The van der Waals surface area contributed by atoms with Gasteiger partial charge in [0.1, 0.15) is 6.54 Å². The average molecular weight is 510 g/mol. The number of unbranched alkanes of at least 4 members (excludes halogenated alkanes) is 6. The van der Waals surface area contributed by atoms with Gasteiger partial charge >= 0.3 is 0 Å². The van der Waals surface area contributed by atoms with Crippen LogP contribution in [-0.4, -0.2) is 81.5 Å². The topological polar surface area (TPSA) is 58.9 Å². The number of quaternary nitrogens is 1. The van der Waals surface area contributed by atoms with E-state index in [9.17, 15) is 5.11 Å². The Morgan fingerprint density at radius 3 is 1.97 bits per heavy atom. The van der Waals surface area contributed by atoms with Gasteiger partial charge in [-0.25, -0.2) is 0 Å². The van der Waals surface area contributed by atoms with Crippen LogP contribution in [0.3, 0.4) is 0 Å². The Morgan fingerprint density at radius 1 is 0.824 bits per heavy atom. The lowest BCUT2D eigenvalue weighted by atomic mass is 9.76. The zero-order valence-corrected chi connectivity index (χ0v) is 24.2. The molecule has 1 aliphatic carbocycles. The van der Waals surface area contributed by atoms with Crippen LogP contribution in [0.2, 0.25) is 0 Å². The largest absolute Gasteiger partial charge is 1.00 e. The van der Waals surface area contributed by atoms with Gasteiger partial charge in [0.2, 0.25) is 0 Å². The summed E-state index contributed by atoms with van der Waals surface area (Å²) < 4.78 is 11.4. The zero-order chi connectivity index (χ0) is 24.8. The molecule has 1 rings (SSSR count). The maximum absolute atomic E-state index is 9.27. The van der Waals surface area contributed by atoms with Gasteiger partial charge in [0.25, 0.3) is 0 Å². The van der Waals surface area contributed by atoms with E-state index >= 15 is 0 Å². The van der Waals surface area contributed by atoms with E-state index in [1.54, 1.807) is 6.92 Å². The number of hydrogen-bond acceptors (Lipinski definition) is 4. The van der Waals surface area contributed by atoms with Gasteiger partial charge < -0.3 is 36.6 Å². The van der Waals surface area contributed by atoms with E-state index in [1.165, 1.54) is 83.5 Å². The molecule has 34 heavy (non-hydrogen) atoms. The highest BCUT2D eigenvalue weighted by Gasteiger charge is 2.22. The highest BCUT2D eigenvalue weighted by Crippen LogP contribution is 2.34. The molecular weight excluding hydrogens is 450 g/mol. The number of nitrogens with zero attached hydrogens (tertiary/aromatic N) is 1. The molecule has 2 N–H and O–H groups in total. The first-order chi connectivity index (χ1) is 15.8. The molecule has 0 aromatic carbocycles. The Balaban J connectivity index is 0. The van der Waals surface area contributed by atoms with E-state index in [1.807, 2.05) is 0 Å². The van der Waals surface area contributed by atoms with Crippen molar-refractivity contribution in [2.75, 3.05) is 60.7 Å². The summed E-state index contributed by atoms with van der Waals surface area (Å²) in [6, 6.07) is 0. The first-order valence-electron chi connectivity index (χ1n) is 14.0. The van der Waals surface area contributed by atoms with Crippen LogP contribution in [0.15, 0.2) is 0 Å². The fourth-order valence-corrected chi connectivity index (χ4v) is 4.56. The van der Waals surface area contributed by atoms with Crippen LogP contribution in [-0.2, 0) is 9.47 Å². The smallest absolute Gasteiger partial charge is 0.102 e. The van der Waals surface area contributed by atoms with Crippen LogP contribution in [0.5, 0.6) is 0 Å². The molecule has 0 amide bonds. The predicted octanol–water partition coefficient (Wildman–Crippen LogP) is 2.82. The van der Waals surface area contributed by atoms with Crippen molar-refractivity contribution in [1.29, 1.82) is 0 Å². The molecule has 1 fully saturated rings. The molecule has 1 saturated carbocycles. The van der Waals surface area contributed by atoms with Gasteiger partial charge in [-0.15, -0.1) is 0 Å². The maximum atomic E-state index is 9.27. The van der Waals surface area contributed by atoms with Crippen LogP contribution in [0.25, 0.3) is 0 Å². The average Bonchev–Trinajstić information content (AvgIpc) is 2.77. The maximum Gasteiger partial charge on any atom is 0.102 e. The molecule has 5 nitrogen and oxygen atoms in total. The molecule has 1 aliphatic rings. The molecule has 0 radical (unpaired) electrons. The van der Waals surface area contributed by atoms with E-state index in [0.29, 0.717) is 26.4 Å². The van der Waals surface area contributed by atoms with Crippen molar-refractivity contribution in [3.63, 3.8) is 0 Å². The SMILES string of the molecule is CC(O)COCCOCC[N+](C)(C)C.CCCCCCCCCC(CCO)C1CCCCC1.[Cl-]. The predicted molar refractivity (Wildman–Crippen MR) is 141 cm³/mol. The molecule has 0 aromatic rings. The van der Waals surface area contributed by atoms with Crippen molar-refractivity contribution >= 4 is 0 Å². The molecule has 2 unspecified atom stereocenters. The third-order valence-electron chi connectivity index (χ3n) is 6.63. The molecule has 6 heteroatoms. The van der Waals surface area contributed by atoms with Crippen LogP contribution in [0.4, 0.5) is 0 Å². The molecule has 0 heterocycles. The summed E-state index contributed by atoms with van der Waals surface area (Å²) in [6.45, 7) is 7.69. The van der Waals surface area contributed by atoms with Crippen molar-refractivity contribution in [3.8, 4) is 0 Å². The van der Waals surface area contributed by atoms with E-state index in [0.717, 1.165) is 35.9 Å². The Kier molecular flexibility index (Phi) is 26.4. The van der Waals surface area contributed by atoms with Gasteiger partial charge in [0.15, 0.2) is 0 Å². The van der Waals surface area contributed by atoms with Crippen molar-refractivity contribution in [2.24, 2.45) is 11.8 Å². The summed E-state index contributed by atoms with van der Waals surface area (Å²) in [4.78, 5) is 0. The highest BCUT2D eigenvalue weighted by molar-refractivity contribution is 4.74. The fourth-order valence-electron chi connectivity index (χ4n) is 4.56. The number of ether oxygens (including phenoxy) is 2. The van der Waals surface area contributed by atoms with Crippen molar-refractivity contribution < 1.29 is 36.6 Å². The molecule has 0 bridgehead atoms. The second kappa shape index (κ2) is 24.8. The van der Waals surface area contributed by atoms with Gasteiger partial charge in [-0.3, -0.25) is 0 Å². The molecule has 0 saturated heterocycles. The Morgan fingerprint density at radius 2 is 1.41 bits per heavy atom. The minimum absolute atomic E-state index is 0. The Hall–Kier alpha value is 0.0900. The summed E-state index contributed by atoms with van der Waals surface area (Å²) >= 11 is 0. The second-order valence-electron chi connectivity index (χ2n) is 11.1. The summed E-state index contributed by atoms with van der Waals surface area (Å²) in [5.74, 6) is 1.75. The normalized spacial score (nSPS) is 16.3. The lowest BCUT2D eigenvalue weighted by molar-refractivity contribution is -0.870. The number of likely N-dealkylation sites (N-methyl/N-ethyl adjacent to an activating group) is 1. The number of hydrogen-bond donors (Lipinski definition) is 2. The zero-order valence-electron chi connectivity index (χ0n) is 23.4. The van der Waals surface area contributed by atoms with E-state index < -0.39 is 0 Å². The lowest BCUT2D eigenvalue weighted by Crippen LogP contribution is -3.00. The van der Waals surface area contributed by atoms with Gasteiger partial charge in [0, 0.05) is 6.61 Å². The third kappa shape index (κ3) is 25.2. The number of rotatable bonds is 19. The van der Waals surface area contributed by atoms with Crippen molar-refractivity contribution in [1.82, 2.24) is 0 Å². The summed E-state index contributed by atoms with van der Waals surface area (Å²) in [6.07, 6.45) is 19.1. The first kappa shape index (κ1) is 36.2. The van der Waals surface area contributed by atoms with Gasteiger partial charge in [-0.05, 0) is 25.2 Å². The fraction of sp³-hybridized carbons (Fsp3) is 1.00. The number of aliphatic hydroxyl groups excluding tert-OH is 2. The van der Waals surface area contributed by atoms with Gasteiger partial charge in [-0.1, -0.05) is 90.4 Å². The standard InChI is InChI=1S/C18H36O.C10H24NO3.ClH/c1-2-3-4-5-6-7-9-14-18(15-16-19)17-12-10-8-11-13-17;1-10(12)9-14-8-7-13-6-5-11(2,3)4;/h17-19H,2-16H2,1H3;10,12H,5-9H2,1-4H3;1H/q;+1;/p-1. The Labute approximate surface area is 219 Å². The number of aliphatic hydroxyl groups is 2. The molecule has 0 spiro atoms. The molecular formula is C28H60ClNO4. The van der Waals surface area contributed by atoms with E-state index in [2.05, 4.69) is 28.1 Å². The van der Waals surface area contributed by atoms with Crippen molar-refractivity contribution in [2.45, 2.75) is 110 Å². The number of halogens is 1. The minimum atomic E-state index is -0.388. The minimum Gasteiger partial charge on any atom is -1.00 e. The summed E-state index contributed by atoms with van der Waals surface area (Å²) in [5, 5.41) is 18.2. The van der Waals surface area contributed by atoms with Crippen molar-refractivity contribution in [3.05, 3.63) is 0 Å². The highest BCUT2D eigenvalue weighted by atomic mass is 35.5. The van der Waals surface area contributed by atoms with Crippen LogP contribution >= 0.6 is 0 Å². The molecule has 2 atom stereocenters. The Bertz CT molecular complexity index is 398. The molecule has 0 aromatic heterocycles.